The maximum atomic E-state index is 14.5. The van der Waals surface area contributed by atoms with E-state index < -0.39 is 17.6 Å². The normalized spacial score (nSPS) is 28.9. The van der Waals surface area contributed by atoms with Gasteiger partial charge in [0.25, 0.3) is 5.91 Å². The summed E-state index contributed by atoms with van der Waals surface area (Å²) in [4.78, 5) is 39.9. The first-order chi connectivity index (χ1) is 13.3. The summed E-state index contributed by atoms with van der Waals surface area (Å²) in [5, 5.41) is 5.43. The zero-order valence-corrected chi connectivity index (χ0v) is 16.0. The van der Waals surface area contributed by atoms with Crippen LogP contribution in [0.15, 0.2) is 18.2 Å². The molecule has 3 heterocycles. The third-order valence-electron chi connectivity index (χ3n) is 5.65. The van der Waals surface area contributed by atoms with Crippen molar-refractivity contribution in [2.45, 2.75) is 44.6 Å². The fourth-order valence-electron chi connectivity index (χ4n) is 4.31. The lowest BCUT2D eigenvalue weighted by atomic mass is 10.0. The molecule has 4 rings (SSSR count). The van der Waals surface area contributed by atoms with Crippen LogP contribution in [-0.2, 0) is 22.7 Å². The van der Waals surface area contributed by atoms with Crippen molar-refractivity contribution >= 4 is 17.7 Å². The molecular weight excluding hydrogens is 363 g/mol. The minimum atomic E-state index is -1.27. The Morgan fingerprint density at radius 3 is 2.89 bits per heavy atom. The van der Waals surface area contributed by atoms with Crippen molar-refractivity contribution in [2.75, 3.05) is 26.2 Å². The predicted octanol–water partition coefficient (Wildman–Crippen LogP) is 0.581. The number of piperidine rings is 1. The molecule has 7 nitrogen and oxygen atoms in total. The largest absolute Gasteiger partial charge is 0.322 e. The van der Waals surface area contributed by atoms with Gasteiger partial charge in [0.15, 0.2) is 0 Å². The first-order valence-electron chi connectivity index (χ1n) is 9.71. The average Bonchev–Trinajstić information content (AvgIpc) is 2.83. The molecule has 0 bridgehead atoms. The van der Waals surface area contributed by atoms with Crippen molar-refractivity contribution in [2.24, 2.45) is 0 Å². The molecule has 2 N–H and O–H groups in total. The molecule has 150 valence electrons. The monoisotopic (exact) mass is 388 g/mol. The minimum Gasteiger partial charge on any atom is -0.322 e. The molecule has 0 aliphatic carbocycles. The minimum absolute atomic E-state index is 0.175. The van der Waals surface area contributed by atoms with Crippen LogP contribution in [0.4, 0.5) is 4.39 Å². The Morgan fingerprint density at radius 2 is 2.11 bits per heavy atom. The van der Waals surface area contributed by atoms with Gasteiger partial charge in [0.1, 0.15) is 11.7 Å². The number of benzene rings is 1. The quantitative estimate of drug-likeness (QED) is 0.741. The van der Waals surface area contributed by atoms with E-state index in [2.05, 4.69) is 15.5 Å². The highest BCUT2D eigenvalue weighted by atomic mass is 19.1. The van der Waals surface area contributed by atoms with Crippen molar-refractivity contribution in [1.82, 2.24) is 20.4 Å². The van der Waals surface area contributed by atoms with E-state index in [9.17, 15) is 18.8 Å². The van der Waals surface area contributed by atoms with Gasteiger partial charge in [-0.3, -0.25) is 24.6 Å². The third kappa shape index (κ3) is 3.79. The molecule has 0 spiro atoms. The van der Waals surface area contributed by atoms with E-state index in [1.165, 1.54) is 0 Å². The first kappa shape index (κ1) is 19.0. The summed E-state index contributed by atoms with van der Waals surface area (Å²) in [6, 6.07) is 5.07. The summed E-state index contributed by atoms with van der Waals surface area (Å²) < 4.78 is 14.5. The van der Waals surface area contributed by atoms with E-state index in [-0.39, 0.29) is 18.2 Å². The SMILES string of the molecule is CC1(F)CNCCN(Cc2ccc3c(c2)CN(C2CCC(=O)NC2=O)C3=O)C1. The van der Waals surface area contributed by atoms with Crippen LogP contribution in [0.1, 0.15) is 41.3 Å². The number of hydrogen-bond donors (Lipinski definition) is 2. The average molecular weight is 388 g/mol. The van der Waals surface area contributed by atoms with Gasteiger partial charge in [0.05, 0.1) is 0 Å². The number of carbonyl (C=O) groups is 3. The van der Waals surface area contributed by atoms with Crippen LogP contribution in [-0.4, -0.2) is 65.4 Å². The van der Waals surface area contributed by atoms with Gasteiger partial charge < -0.3 is 10.2 Å². The van der Waals surface area contributed by atoms with E-state index >= 15 is 0 Å². The van der Waals surface area contributed by atoms with Gasteiger partial charge in [-0.25, -0.2) is 4.39 Å². The van der Waals surface area contributed by atoms with E-state index in [0.29, 0.717) is 38.2 Å². The topological polar surface area (TPSA) is 81.8 Å². The molecular formula is C20H25FN4O3. The number of imide groups is 1. The second kappa shape index (κ2) is 7.25. The summed E-state index contributed by atoms with van der Waals surface area (Å²) in [6.45, 7) is 4.79. The Labute approximate surface area is 163 Å². The number of halogens is 1. The number of hydrogen-bond acceptors (Lipinski definition) is 5. The van der Waals surface area contributed by atoms with Crippen LogP contribution >= 0.6 is 0 Å². The number of amides is 3. The number of alkyl halides is 1. The maximum Gasteiger partial charge on any atom is 0.255 e. The van der Waals surface area contributed by atoms with Crippen molar-refractivity contribution in [3.05, 3.63) is 34.9 Å². The van der Waals surface area contributed by atoms with Gasteiger partial charge in [-0.2, -0.15) is 0 Å². The van der Waals surface area contributed by atoms with Crippen molar-refractivity contribution in [1.29, 1.82) is 0 Å². The second-order valence-electron chi connectivity index (χ2n) is 8.19. The zero-order valence-electron chi connectivity index (χ0n) is 16.0. The molecule has 0 saturated carbocycles. The summed E-state index contributed by atoms with van der Waals surface area (Å²) in [7, 11) is 0. The first-order valence-corrected chi connectivity index (χ1v) is 9.71. The molecule has 1 aromatic rings. The van der Waals surface area contributed by atoms with Crippen LogP contribution in [0.5, 0.6) is 0 Å². The number of nitrogens with zero attached hydrogens (tertiary/aromatic N) is 2. The van der Waals surface area contributed by atoms with E-state index in [1.807, 2.05) is 12.1 Å². The zero-order chi connectivity index (χ0) is 19.9. The number of carbonyl (C=O) groups excluding carboxylic acids is 3. The number of nitrogens with one attached hydrogen (secondary N) is 2. The van der Waals surface area contributed by atoms with Crippen LogP contribution in [0.2, 0.25) is 0 Å². The van der Waals surface area contributed by atoms with Crippen LogP contribution in [0.25, 0.3) is 0 Å². The second-order valence-corrected chi connectivity index (χ2v) is 8.19. The summed E-state index contributed by atoms with van der Waals surface area (Å²) in [5.74, 6) is -0.872. The highest BCUT2D eigenvalue weighted by molar-refractivity contribution is 6.05. The third-order valence-corrected chi connectivity index (χ3v) is 5.65. The Bertz CT molecular complexity index is 826. The molecule has 0 aromatic heterocycles. The smallest absolute Gasteiger partial charge is 0.255 e. The maximum absolute atomic E-state index is 14.5. The van der Waals surface area contributed by atoms with Crippen molar-refractivity contribution in [3.8, 4) is 0 Å². The fraction of sp³-hybridized carbons (Fsp3) is 0.550. The van der Waals surface area contributed by atoms with Gasteiger partial charge in [-0.15, -0.1) is 0 Å². The summed E-state index contributed by atoms with van der Waals surface area (Å²) in [6.07, 6.45) is 0.597. The Balaban J connectivity index is 1.48. The molecule has 3 aliphatic rings. The molecule has 2 atom stereocenters. The molecule has 2 fully saturated rings. The predicted molar refractivity (Wildman–Crippen MR) is 100 cm³/mol. The van der Waals surface area contributed by atoms with Crippen LogP contribution in [0.3, 0.4) is 0 Å². The van der Waals surface area contributed by atoms with Crippen LogP contribution in [0, 0.1) is 0 Å². The molecule has 2 unspecified atom stereocenters. The Morgan fingerprint density at radius 1 is 1.29 bits per heavy atom. The number of fused-ring (bicyclic) bond motifs is 1. The van der Waals surface area contributed by atoms with Gasteiger partial charge in [-0.05, 0) is 30.5 Å². The molecule has 1 aromatic carbocycles. The van der Waals surface area contributed by atoms with Gasteiger partial charge >= 0.3 is 0 Å². The molecule has 8 heteroatoms. The molecule has 3 aliphatic heterocycles. The van der Waals surface area contributed by atoms with Gasteiger partial charge in [0, 0.05) is 51.3 Å². The van der Waals surface area contributed by atoms with Crippen molar-refractivity contribution < 1.29 is 18.8 Å². The lowest BCUT2D eigenvalue weighted by Gasteiger charge is -2.29. The lowest BCUT2D eigenvalue weighted by molar-refractivity contribution is -0.136. The summed E-state index contributed by atoms with van der Waals surface area (Å²) >= 11 is 0. The number of rotatable bonds is 3. The Kier molecular flexibility index (Phi) is 4.93. The molecule has 28 heavy (non-hydrogen) atoms. The molecule has 2 saturated heterocycles. The highest BCUT2D eigenvalue weighted by Gasteiger charge is 2.39. The highest BCUT2D eigenvalue weighted by Crippen LogP contribution is 2.28. The standard InChI is InChI=1S/C20H25FN4O3/c1-20(21)11-22-6-7-24(12-20)9-13-2-3-15-14(8-13)10-25(19(15)28)16-4-5-17(26)23-18(16)27/h2-3,8,16,22H,4-7,9-12H2,1H3,(H,23,26,27). The van der Waals surface area contributed by atoms with E-state index in [1.54, 1.807) is 17.9 Å². The molecule has 0 radical (unpaired) electrons. The van der Waals surface area contributed by atoms with E-state index in [0.717, 1.165) is 24.2 Å². The van der Waals surface area contributed by atoms with E-state index in [4.69, 9.17) is 0 Å². The van der Waals surface area contributed by atoms with Crippen LogP contribution < -0.4 is 10.6 Å². The van der Waals surface area contributed by atoms with Crippen molar-refractivity contribution in [3.63, 3.8) is 0 Å². The lowest BCUT2D eigenvalue weighted by Crippen LogP contribution is -2.52. The Hall–Kier alpha value is -2.32. The molecule has 3 amide bonds. The van der Waals surface area contributed by atoms with Gasteiger partial charge in [0.2, 0.25) is 11.8 Å². The fourth-order valence-corrected chi connectivity index (χ4v) is 4.31. The van der Waals surface area contributed by atoms with Gasteiger partial charge in [-0.1, -0.05) is 12.1 Å². The summed E-state index contributed by atoms with van der Waals surface area (Å²) in [5.41, 5.74) is 1.23.